The van der Waals surface area contributed by atoms with Gasteiger partial charge in [-0.25, -0.2) is 8.42 Å². The van der Waals surface area contributed by atoms with Crippen LogP contribution in [-0.2, 0) is 10.0 Å². The van der Waals surface area contributed by atoms with E-state index in [-0.39, 0.29) is 4.90 Å². The first-order valence-corrected chi connectivity index (χ1v) is 8.88. The lowest BCUT2D eigenvalue weighted by Gasteiger charge is -2.31. The Labute approximate surface area is 123 Å². The van der Waals surface area contributed by atoms with Gasteiger partial charge in [-0.2, -0.15) is 4.31 Å². The first kappa shape index (κ1) is 14.9. The predicted octanol–water partition coefficient (Wildman–Crippen LogP) is 3.04. The summed E-state index contributed by atoms with van der Waals surface area (Å²) in [5, 5.41) is 0. The van der Waals surface area contributed by atoms with Crippen molar-refractivity contribution in [3.05, 3.63) is 22.9 Å². The molecule has 2 heterocycles. The first-order valence-electron chi connectivity index (χ1n) is 6.64. The molecule has 0 amide bonds. The summed E-state index contributed by atoms with van der Waals surface area (Å²) in [6, 6.07) is 1.61. The van der Waals surface area contributed by atoms with Crippen LogP contribution in [0.15, 0.2) is 27.8 Å². The van der Waals surface area contributed by atoms with E-state index < -0.39 is 10.0 Å². The van der Waals surface area contributed by atoms with Gasteiger partial charge in [0, 0.05) is 30.0 Å². The molecule has 1 aromatic heterocycles. The van der Waals surface area contributed by atoms with Crippen molar-refractivity contribution in [1.29, 1.82) is 0 Å². The molecule has 0 bridgehead atoms. The Morgan fingerprint density at radius 3 is 2.63 bits per heavy atom. The van der Waals surface area contributed by atoms with E-state index in [9.17, 15) is 8.42 Å². The van der Waals surface area contributed by atoms with Gasteiger partial charge in [0.25, 0.3) is 0 Å². The molecule has 0 unspecified atom stereocenters. The van der Waals surface area contributed by atoms with E-state index in [1.165, 1.54) is 19.0 Å². The highest BCUT2D eigenvalue weighted by atomic mass is 79.9. The van der Waals surface area contributed by atoms with E-state index in [4.69, 9.17) is 0 Å². The van der Waals surface area contributed by atoms with Gasteiger partial charge in [-0.1, -0.05) is 19.8 Å². The first-order chi connectivity index (χ1) is 9.04. The van der Waals surface area contributed by atoms with E-state index in [1.807, 2.05) is 0 Å². The fourth-order valence-electron chi connectivity index (χ4n) is 2.53. The minimum absolute atomic E-state index is 0.274. The maximum absolute atomic E-state index is 12.5. The molecule has 19 heavy (non-hydrogen) atoms. The van der Waals surface area contributed by atoms with Crippen molar-refractivity contribution in [2.75, 3.05) is 13.1 Å². The van der Waals surface area contributed by atoms with Crippen molar-refractivity contribution in [3.63, 3.8) is 0 Å². The molecule has 106 valence electrons. The molecule has 1 fully saturated rings. The van der Waals surface area contributed by atoms with Crippen LogP contribution in [0.1, 0.15) is 32.6 Å². The Hall–Kier alpha value is -0.460. The van der Waals surface area contributed by atoms with Crippen molar-refractivity contribution in [2.24, 2.45) is 5.92 Å². The number of hydrogen-bond donors (Lipinski definition) is 0. The van der Waals surface area contributed by atoms with Crippen molar-refractivity contribution in [2.45, 2.75) is 37.5 Å². The van der Waals surface area contributed by atoms with Crippen molar-refractivity contribution in [3.8, 4) is 0 Å². The lowest BCUT2D eigenvalue weighted by Crippen LogP contribution is -2.38. The largest absolute Gasteiger partial charge is 0.262 e. The van der Waals surface area contributed by atoms with Gasteiger partial charge < -0.3 is 0 Å². The molecule has 1 aromatic rings. The number of aromatic nitrogens is 1. The summed E-state index contributed by atoms with van der Waals surface area (Å²) < 4.78 is 27.2. The lowest BCUT2D eigenvalue weighted by atomic mass is 9.94. The van der Waals surface area contributed by atoms with Crippen molar-refractivity contribution >= 4 is 26.0 Å². The predicted molar refractivity (Wildman–Crippen MR) is 78.3 cm³/mol. The maximum Gasteiger partial charge on any atom is 0.244 e. The number of hydrogen-bond acceptors (Lipinski definition) is 3. The van der Waals surface area contributed by atoms with Gasteiger partial charge in [-0.05, 0) is 40.8 Å². The summed E-state index contributed by atoms with van der Waals surface area (Å²) in [6.45, 7) is 3.43. The zero-order valence-electron chi connectivity index (χ0n) is 11.0. The SMILES string of the molecule is CCCC1CCN(S(=O)(=O)c2cncc(Br)c2)CC1. The molecular weight excluding hydrogens is 328 g/mol. The van der Waals surface area contributed by atoms with Crippen molar-refractivity contribution < 1.29 is 8.42 Å². The Morgan fingerprint density at radius 1 is 1.37 bits per heavy atom. The Morgan fingerprint density at radius 2 is 2.05 bits per heavy atom. The standard InChI is InChI=1S/C13H19BrN2O2S/c1-2-3-11-4-6-16(7-5-11)19(17,18)13-8-12(14)9-15-10-13/h8-11H,2-7H2,1H3. The van der Waals surface area contributed by atoms with Gasteiger partial charge in [0.2, 0.25) is 10.0 Å². The van der Waals surface area contributed by atoms with Gasteiger partial charge in [-0.15, -0.1) is 0 Å². The molecule has 1 aliphatic heterocycles. The highest BCUT2D eigenvalue weighted by molar-refractivity contribution is 9.10. The molecule has 0 radical (unpaired) electrons. The minimum Gasteiger partial charge on any atom is -0.262 e. The monoisotopic (exact) mass is 346 g/mol. The van der Waals surface area contributed by atoms with Crippen LogP contribution in [0, 0.1) is 5.92 Å². The zero-order valence-corrected chi connectivity index (χ0v) is 13.5. The molecule has 1 saturated heterocycles. The second kappa shape index (κ2) is 6.33. The Bertz CT molecular complexity index is 525. The summed E-state index contributed by atoms with van der Waals surface area (Å²) in [4.78, 5) is 4.21. The van der Waals surface area contributed by atoms with Gasteiger partial charge >= 0.3 is 0 Å². The second-order valence-electron chi connectivity index (χ2n) is 4.97. The molecule has 0 atom stereocenters. The topological polar surface area (TPSA) is 50.3 Å². The highest BCUT2D eigenvalue weighted by Crippen LogP contribution is 2.26. The van der Waals surface area contributed by atoms with E-state index in [0.717, 1.165) is 12.8 Å². The smallest absolute Gasteiger partial charge is 0.244 e. The Balaban J connectivity index is 2.10. The average Bonchev–Trinajstić information content (AvgIpc) is 2.40. The van der Waals surface area contributed by atoms with Crippen LogP contribution in [0.25, 0.3) is 0 Å². The number of piperidine rings is 1. The summed E-state index contributed by atoms with van der Waals surface area (Å²) in [5.74, 6) is 0.678. The van der Waals surface area contributed by atoms with Crippen LogP contribution >= 0.6 is 15.9 Å². The molecule has 0 N–H and O–H groups in total. The molecular formula is C13H19BrN2O2S. The summed E-state index contributed by atoms with van der Waals surface area (Å²) >= 11 is 3.26. The Kier molecular flexibility index (Phi) is 4.97. The van der Waals surface area contributed by atoms with Crippen LogP contribution in [0.2, 0.25) is 0 Å². The quantitative estimate of drug-likeness (QED) is 0.841. The van der Waals surface area contributed by atoms with Crippen LogP contribution in [0.3, 0.4) is 0 Å². The third-order valence-electron chi connectivity index (χ3n) is 3.59. The third-order valence-corrected chi connectivity index (χ3v) is 5.89. The van der Waals surface area contributed by atoms with E-state index in [2.05, 4.69) is 27.8 Å². The van der Waals surface area contributed by atoms with Crippen LogP contribution < -0.4 is 0 Å². The molecule has 0 aliphatic carbocycles. The van der Waals surface area contributed by atoms with Crippen molar-refractivity contribution in [1.82, 2.24) is 9.29 Å². The van der Waals surface area contributed by atoms with Gasteiger partial charge in [0.05, 0.1) is 0 Å². The summed E-state index contributed by atoms with van der Waals surface area (Å²) in [6.07, 6.45) is 7.31. The summed E-state index contributed by atoms with van der Waals surface area (Å²) in [5.41, 5.74) is 0. The van der Waals surface area contributed by atoms with E-state index in [1.54, 1.807) is 16.6 Å². The number of halogens is 1. The van der Waals surface area contributed by atoms with E-state index in [0.29, 0.717) is 23.5 Å². The molecule has 1 aliphatic rings. The highest BCUT2D eigenvalue weighted by Gasteiger charge is 2.29. The normalized spacial score (nSPS) is 18.6. The van der Waals surface area contributed by atoms with Gasteiger partial charge in [0.15, 0.2) is 0 Å². The number of nitrogens with zero attached hydrogens (tertiary/aromatic N) is 2. The molecule has 0 spiro atoms. The van der Waals surface area contributed by atoms with Gasteiger partial charge in [-0.3, -0.25) is 4.98 Å². The third kappa shape index (κ3) is 3.55. The molecule has 0 aromatic carbocycles. The number of pyridine rings is 1. The van der Waals surface area contributed by atoms with E-state index >= 15 is 0 Å². The van der Waals surface area contributed by atoms with Crippen LogP contribution in [0.4, 0.5) is 0 Å². The second-order valence-corrected chi connectivity index (χ2v) is 7.83. The average molecular weight is 347 g/mol. The van der Waals surface area contributed by atoms with Crippen LogP contribution in [-0.4, -0.2) is 30.8 Å². The minimum atomic E-state index is -3.38. The fraction of sp³-hybridized carbons (Fsp3) is 0.615. The van der Waals surface area contributed by atoms with Gasteiger partial charge in [0.1, 0.15) is 4.90 Å². The number of sulfonamides is 1. The zero-order chi connectivity index (χ0) is 13.9. The molecule has 0 saturated carbocycles. The molecule has 2 rings (SSSR count). The lowest BCUT2D eigenvalue weighted by molar-refractivity contribution is 0.262. The van der Waals surface area contributed by atoms with Crippen LogP contribution in [0.5, 0.6) is 0 Å². The maximum atomic E-state index is 12.5. The summed E-state index contributed by atoms with van der Waals surface area (Å²) in [7, 11) is -3.38. The fourth-order valence-corrected chi connectivity index (χ4v) is 4.51. The molecule has 6 heteroatoms. The number of rotatable bonds is 4. The molecule has 4 nitrogen and oxygen atoms in total.